The molecule has 1 aromatic heterocycles. The Morgan fingerprint density at radius 2 is 2.04 bits per heavy atom. The monoisotopic (exact) mass is 331 g/mol. The van der Waals surface area contributed by atoms with Gasteiger partial charge in [-0.05, 0) is 30.0 Å². The van der Waals surface area contributed by atoms with Gasteiger partial charge in [0.15, 0.2) is 0 Å². The number of nitrogens with zero attached hydrogens (tertiary/aromatic N) is 3. The Bertz CT molecular complexity index is 736. The second kappa shape index (κ2) is 6.92. The van der Waals surface area contributed by atoms with Gasteiger partial charge < -0.3 is 15.1 Å². The van der Waals surface area contributed by atoms with Crippen LogP contribution in [-0.4, -0.2) is 45.3 Å². The summed E-state index contributed by atoms with van der Waals surface area (Å²) in [5, 5.41) is 18.5. The van der Waals surface area contributed by atoms with E-state index in [0.717, 1.165) is 19.4 Å². The summed E-state index contributed by atoms with van der Waals surface area (Å²) in [7, 11) is 0. The smallest absolute Gasteiger partial charge is 0.307 e. The quantitative estimate of drug-likeness (QED) is 0.889. The van der Waals surface area contributed by atoms with Crippen LogP contribution in [0.5, 0.6) is 0 Å². The number of anilines is 1. The highest BCUT2D eigenvalue weighted by Crippen LogP contribution is 2.23. The molecule has 2 heterocycles. The van der Waals surface area contributed by atoms with Crippen LogP contribution in [-0.2, 0) is 11.2 Å². The number of β-amino-alcohol motifs (C(OH)–C–C–N with tert-alkyl or cyclic N) is 1. The third-order valence-electron chi connectivity index (χ3n) is 4.05. The maximum Gasteiger partial charge on any atom is 0.307 e. The van der Waals surface area contributed by atoms with Crippen molar-refractivity contribution >= 4 is 11.9 Å². The van der Waals surface area contributed by atoms with E-state index in [4.69, 9.17) is 5.11 Å². The van der Waals surface area contributed by atoms with E-state index in [0.29, 0.717) is 23.6 Å². The lowest BCUT2D eigenvalue weighted by atomic mass is 10.0. The van der Waals surface area contributed by atoms with Gasteiger partial charge in [0.25, 0.3) is 0 Å². The van der Waals surface area contributed by atoms with Crippen LogP contribution < -0.4 is 4.90 Å². The lowest BCUT2D eigenvalue weighted by Gasteiger charge is -2.29. The van der Waals surface area contributed by atoms with Crippen LogP contribution in [0.4, 0.5) is 10.3 Å². The van der Waals surface area contributed by atoms with Crippen molar-refractivity contribution < 1.29 is 19.4 Å². The van der Waals surface area contributed by atoms with E-state index in [1.54, 1.807) is 18.5 Å². The average Bonchev–Trinajstić information content (AvgIpc) is 2.56. The molecular weight excluding hydrogens is 313 g/mol. The number of aliphatic hydroxyl groups excluding tert-OH is 1. The van der Waals surface area contributed by atoms with E-state index >= 15 is 0 Å². The van der Waals surface area contributed by atoms with Gasteiger partial charge in [-0.15, -0.1) is 0 Å². The number of halogens is 1. The maximum atomic E-state index is 14.0. The molecule has 24 heavy (non-hydrogen) atoms. The topological polar surface area (TPSA) is 86.5 Å². The largest absolute Gasteiger partial charge is 0.481 e. The number of carboxylic acids is 1. The lowest BCUT2D eigenvalue weighted by molar-refractivity contribution is -0.136. The molecule has 0 aliphatic carbocycles. The zero-order valence-corrected chi connectivity index (χ0v) is 13.0. The predicted molar refractivity (Wildman–Crippen MR) is 86.2 cm³/mol. The van der Waals surface area contributed by atoms with Gasteiger partial charge in [-0.25, -0.2) is 14.4 Å². The number of hydrogen-bond donors (Lipinski definition) is 2. The van der Waals surface area contributed by atoms with Crippen molar-refractivity contribution in [2.75, 3.05) is 18.0 Å². The fraction of sp³-hybridized carbons (Fsp3) is 0.353. The highest BCUT2D eigenvalue weighted by molar-refractivity contribution is 5.71. The Hall–Kier alpha value is -2.54. The molecular formula is C17H18FN3O3. The van der Waals surface area contributed by atoms with E-state index in [9.17, 15) is 14.3 Å². The molecule has 6 nitrogen and oxygen atoms in total. The summed E-state index contributed by atoms with van der Waals surface area (Å²) in [6, 6.07) is 4.42. The van der Waals surface area contributed by atoms with E-state index in [-0.39, 0.29) is 18.1 Å². The molecule has 1 aliphatic heterocycles. The molecule has 7 heteroatoms. The van der Waals surface area contributed by atoms with Crippen molar-refractivity contribution in [3.05, 3.63) is 42.0 Å². The molecule has 0 bridgehead atoms. The van der Waals surface area contributed by atoms with Crippen molar-refractivity contribution in [2.24, 2.45) is 0 Å². The second-order valence-corrected chi connectivity index (χ2v) is 5.89. The van der Waals surface area contributed by atoms with Crippen LogP contribution >= 0.6 is 0 Å². The van der Waals surface area contributed by atoms with Crippen molar-refractivity contribution in [2.45, 2.75) is 25.4 Å². The first-order valence-corrected chi connectivity index (χ1v) is 7.78. The highest BCUT2D eigenvalue weighted by atomic mass is 19.1. The molecule has 0 spiro atoms. The zero-order valence-electron chi connectivity index (χ0n) is 13.0. The SMILES string of the molecule is O=C(O)Cc1ccc(-c2cnc(N3CCCC(O)C3)nc2)cc1F. The number of aliphatic carboxylic acids is 1. The molecule has 126 valence electrons. The zero-order chi connectivity index (χ0) is 17.1. The molecule has 1 aromatic carbocycles. The molecule has 1 fully saturated rings. The fourth-order valence-corrected chi connectivity index (χ4v) is 2.80. The van der Waals surface area contributed by atoms with Gasteiger partial charge in [0.1, 0.15) is 5.82 Å². The van der Waals surface area contributed by atoms with Gasteiger partial charge in [-0.2, -0.15) is 0 Å². The summed E-state index contributed by atoms with van der Waals surface area (Å²) in [6.45, 7) is 1.31. The van der Waals surface area contributed by atoms with Crippen molar-refractivity contribution in [3.8, 4) is 11.1 Å². The standard InChI is InChI=1S/C17H18FN3O3/c18-15-6-11(3-4-12(15)7-16(23)24)13-8-19-17(20-9-13)21-5-1-2-14(22)10-21/h3-4,6,8-9,14,22H,1-2,5,7,10H2,(H,23,24). The molecule has 2 aromatic rings. The summed E-state index contributed by atoms with van der Waals surface area (Å²) in [5.74, 6) is -1.09. The minimum Gasteiger partial charge on any atom is -0.481 e. The summed E-state index contributed by atoms with van der Waals surface area (Å²) in [5.41, 5.74) is 1.38. The summed E-state index contributed by atoms with van der Waals surface area (Å²) in [4.78, 5) is 21.2. The Morgan fingerprint density at radius 3 is 2.67 bits per heavy atom. The molecule has 1 unspecified atom stereocenters. The molecule has 1 saturated heterocycles. The van der Waals surface area contributed by atoms with Gasteiger partial charge in [0, 0.05) is 31.0 Å². The highest BCUT2D eigenvalue weighted by Gasteiger charge is 2.19. The maximum absolute atomic E-state index is 14.0. The lowest BCUT2D eigenvalue weighted by Crippen LogP contribution is -2.39. The van der Waals surface area contributed by atoms with Crippen LogP contribution in [0.2, 0.25) is 0 Å². The summed E-state index contributed by atoms with van der Waals surface area (Å²) >= 11 is 0. The van der Waals surface area contributed by atoms with Crippen LogP contribution in [0.3, 0.4) is 0 Å². The first kappa shape index (κ1) is 16.3. The van der Waals surface area contributed by atoms with Gasteiger partial charge in [0.05, 0.1) is 12.5 Å². The molecule has 3 rings (SSSR count). The molecule has 1 atom stereocenters. The van der Waals surface area contributed by atoms with Crippen molar-refractivity contribution in [1.29, 1.82) is 0 Å². The first-order valence-electron chi connectivity index (χ1n) is 7.78. The van der Waals surface area contributed by atoms with E-state index < -0.39 is 11.8 Å². The molecule has 0 amide bonds. The van der Waals surface area contributed by atoms with Crippen LogP contribution in [0, 0.1) is 5.82 Å². The average molecular weight is 331 g/mol. The minimum absolute atomic E-state index is 0.145. The normalized spacial score (nSPS) is 17.8. The third kappa shape index (κ3) is 3.68. The molecule has 1 aliphatic rings. The Labute approximate surface area is 138 Å². The predicted octanol–water partition coefficient (Wildman–Crippen LogP) is 1.87. The third-order valence-corrected chi connectivity index (χ3v) is 4.05. The van der Waals surface area contributed by atoms with Gasteiger partial charge in [-0.3, -0.25) is 4.79 Å². The Balaban J connectivity index is 1.78. The fourth-order valence-electron chi connectivity index (χ4n) is 2.80. The van der Waals surface area contributed by atoms with E-state index in [2.05, 4.69) is 9.97 Å². The van der Waals surface area contributed by atoms with Crippen molar-refractivity contribution in [3.63, 3.8) is 0 Å². The Kier molecular flexibility index (Phi) is 4.71. The number of carboxylic acid groups (broad SMARTS) is 1. The molecule has 0 saturated carbocycles. The van der Waals surface area contributed by atoms with Crippen molar-refractivity contribution in [1.82, 2.24) is 9.97 Å². The van der Waals surface area contributed by atoms with Gasteiger partial charge in [-0.1, -0.05) is 12.1 Å². The number of carbonyl (C=O) groups is 1. The summed E-state index contributed by atoms with van der Waals surface area (Å²) in [6.07, 6.45) is 4.18. The van der Waals surface area contributed by atoms with Gasteiger partial charge in [0.2, 0.25) is 5.95 Å². The first-order chi connectivity index (χ1) is 11.5. The minimum atomic E-state index is -1.07. The molecule has 2 N–H and O–H groups in total. The van der Waals surface area contributed by atoms with E-state index in [1.165, 1.54) is 12.1 Å². The van der Waals surface area contributed by atoms with Crippen LogP contribution in [0.25, 0.3) is 11.1 Å². The number of hydrogen-bond acceptors (Lipinski definition) is 5. The Morgan fingerprint density at radius 1 is 1.29 bits per heavy atom. The summed E-state index contributed by atoms with van der Waals surface area (Å²) < 4.78 is 14.0. The van der Waals surface area contributed by atoms with E-state index in [1.807, 2.05) is 4.90 Å². The number of piperidine rings is 1. The molecule has 0 radical (unpaired) electrons. The number of benzene rings is 1. The van der Waals surface area contributed by atoms with Crippen LogP contribution in [0.1, 0.15) is 18.4 Å². The van der Waals surface area contributed by atoms with Gasteiger partial charge >= 0.3 is 5.97 Å². The second-order valence-electron chi connectivity index (χ2n) is 5.89. The number of aliphatic hydroxyl groups is 1. The van der Waals surface area contributed by atoms with Crippen LogP contribution in [0.15, 0.2) is 30.6 Å². The number of aromatic nitrogens is 2. The number of rotatable bonds is 4.